The molecule has 0 radical (unpaired) electrons. The first-order valence-electron chi connectivity index (χ1n) is 8.57. The Morgan fingerprint density at radius 3 is 2.62 bits per heavy atom. The third-order valence-electron chi connectivity index (χ3n) is 5.15. The van der Waals surface area contributed by atoms with Gasteiger partial charge in [-0.05, 0) is 23.6 Å². The maximum Gasteiger partial charge on any atom is 0.246 e. The minimum absolute atomic E-state index is 0.0271. The van der Waals surface area contributed by atoms with Gasteiger partial charge in [-0.1, -0.05) is 44.0 Å². The van der Waals surface area contributed by atoms with Gasteiger partial charge in [0.1, 0.15) is 12.1 Å². The summed E-state index contributed by atoms with van der Waals surface area (Å²) in [5, 5.41) is 3.65. The van der Waals surface area contributed by atoms with Crippen molar-refractivity contribution in [2.75, 3.05) is 19.6 Å². The number of hydrogen-bond acceptors (Lipinski definition) is 3. The molecule has 1 aromatic carbocycles. The maximum absolute atomic E-state index is 12.7. The van der Waals surface area contributed by atoms with Gasteiger partial charge in [0, 0.05) is 31.2 Å². The fraction of sp³-hybridized carbons (Fsp3) is 0.556. The van der Waals surface area contributed by atoms with Gasteiger partial charge in [-0.25, -0.2) is 0 Å². The molecule has 2 aliphatic heterocycles. The molecule has 0 bridgehead atoms. The van der Waals surface area contributed by atoms with Crippen molar-refractivity contribution in [3.63, 3.8) is 0 Å². The summed E-state index contributed by atoms with van der Waals surface area (Å²) in [7, 11) is 0. The molecule has 2 saturated heterocycles. The van der Waals surface area contributed by atoms with Gasteiger partial charge in [0.15, 0.2) is 0 Å². The third-order valence-corrected chi connectivity index (χ3v) is 5.40. The number of carbonyl (C=O) groups is 2. The standard InChI is InChI=1S/C18H24ClN3O2/c1-3-12(2)16-18(24)22-9-8-21(11-15(22)17(23)20-16)10-13-4-6-14(19)7-5-13/h4-7,12,15-16H,3,8-11H2,1-2H3,(H,20,23)/t12-,15+,16-/m0/s1. The maximum atomic E-state index is 12.7. The summed E-state index contributed by atoms with van der Waals surface area (Å²) in [6.07, 6.45) is 0.873. The van der Waals surface area contributed by atoms with Crippen molar-refractivity contribution in [2.24, 2.45) is 5.92 Å². The molecule has 2 fully saturated rings. The molecule has 130 valence electrons. The highest BCUT2D eigenvalue weighted by Crippen LogP contribution is 2.22. The molecule has 0 saturated carbocycles. The number of nitrogens with one attached hydrogen (secondary N) is 1. The molecule has 0 aliphatic carbocycles. The lowest BCUT2D eigenvalue weighted by Crippen LogP contribution is -2.70. The number of carbonyl (C=O) groups excluding carboxylic acids is 2. The van der Waals surface area contributed by atoms with E-state index in [-0.39, 0.29) is 29.8 Å². The Morgan fingerprint density at radius 1 is 1.25 bits per heavy atom. The quantitative estimate of drug-likeness (QED) is 0.903. The molecular weight excluding hydrogens is 326 g/mol. The molecule has 2 heterocycles. The highest BCUT2D eigenvalue weighted by molar-refractivity contribution is 6.30. The van der Waals surface area contributed by atoms with Gasteiger partial charge in [0.2, 0.25) is 11.8 Å². The second kappa shape index (κ2) is 7.11. The molecule has 1 N–H and O–H groups in total. The minimum Gasteiger partial charge on any atom is -0.342 e. The molecule has 2 amide bonds. The molecule has 0 aromatic heterocycles. The number of amides is 2. The van der Waals surface area contributed by atoms with Crippen molar-refractivity contribution in [1.82, 2.24) is 15.1 Å². The highest BCUT2D eigenvalue weighted by atomic mass is 35.5. The predicted octanol–water partition coefficient (Wildman–Crippen LogP) is 1.90. The SMILES string of the molecule is CC[C@H](C)[C@@H]1NC(=O)[C@H]2CN(Cc3ccc(Cl)cc3)CCN2C1=O. The Hall–Kier alpha value is -1.59. The van der Waals surface area contributed by atoms with Crippen LogP contribution in [0.5, 0.6) is 0 Å². The second-order valence-electron chi connectivity index (χ2n) is 6.78. The van der Waals surface area contributed by atoms with Crippen molar-refractivity contribution < 1.29 is 9.59 Å². The van der Waals surface area contributed by atoms with Crippen molar-refractivity contribution >= 4 is 23.4 Å². The van der Waals surface area contributed by atoms with E-state index in [9.17, 15) is 9.59 Å². The third kappa shape index (κ3) is 3.42. The van der Waals surface area contributed by atoms with Gasteiger partial charge in [-0.2, -0.15) is 0 Å². The number of fused-ring (bicyclic) bond motifs is 1. The van der Waals surface area contributed by atoms with E-state index in [1.54, 1.807) is 4.90 Å². The van der Waals surface area contributed by atoms with Crippen LogP contribution in [0.3, 0.4) is 0 Å². The lowest BCUT2D eigenvalue weighted by atomic mass is 9.93. The lowest BCUT2D eigenvalue weighted by Gasteiger charge is -2.46. The van der Waals surface area contributed by atoms with Crippen LogP contribution in [0.1, 0.15) is 25.8 Å². The first kappa shape index (κ1) is 17.2. The van der Waals surface area contributed by atoms with Crippen molar-refractivity contribution in [1.29, 1.82) is 0 Å². The van der Waals surface area contributed by atoms with E-state index in [0.717, 1.165) is 30.1 Å². The Kier molecular flexibility index (Phi) is 5.11. The highest BCUT2D eigenvalue weighted by Gasteiger charge is 2.44. The molecule has 2 aliphatic rings. The van der Waals surface area contributed by atoms with Crippen LogP contribution in [0.25, 0.3) is 0 Å². The smallest absolute Gasteiger partial charge is 0.246 e. The summed E-state index contributed by atoms with van der Waals surface area (Å²) >= 11 is 5.92. The van der Waals surface area contributed by atoms with Crippen LogP contribution in [0.15, 0.2) is 24.3 Å². The molecular formula is C18H24ClN3O2. The zero-order valence-electron chi connectivity index (χ0n) is 14.2. The Balaban J connectivity index is 1.67. The molecule has 5 nitrogen and oxygen atoms in total. The Morgan fingerprint density at radius 2 is 1.96 bits per heavy atom. The van der Waals surface area contributed by atoms with Gasteiger partial charge in [0.25, 0.3) is 0 Å². The van der Waals surface area contributed by atoms with Crippen LogP contribution in [0.4, 0.5) is 0 Å². The van der Waals surface area contributed by atoms with Gasteiger partial charge in [-0.3, -0.25) is 14.5 Å². The number of piperazine rings is 2. The normalized spacial score (nSPS) is 26.0. The summed E-state index contributed by atoms with van der Waals surface area (Å²) in [5.41, 5.74) is 1.16. The van der Waals surface area contributed by atoms with Crippen LogP contribution >= 0.6 is 11.6 Å². The summed E-state index contributed by atoms with van der Waals surface area (Å²) in [6.45, 7) is 6.79. The van der Waals surface area contributed by atoms with Crippen LogP contribution in [0.2, 0.25) is 5.02 Å². The van der Waals surface area contributed by atoms with E-state index in [4.69, 9.17) is 11.6 Å². The average Bonchev–Trinajstić information content (AvgIpc) is 2.59. The number of nitrogens with zero attached hydrogens (tertiary/aromatic N) is 2. The van der Waals surface area contributed by atoms with E-state index in [1.807, 2.05) is 38.1 Å². The zero-order chi connectivity index (χ0) is 17.3. The first-order chi connectivity index (χ1) is 11.5. The molecule has 24 heavy (non-hydrogen) atoms. The van der Waals surface area contributed by atoms with Crippen LogP contribution in [0, 0.1) is 5.92 Å². The molecule has 3 atom stereocenters. The summed E-state index contributed by atoms with van der Waals surface area (Å²) in [5.74, 6) is 0.204. The number of benzene rings is 1. The largest absolute Gasteiger partial charge is 0.342 e. The van der Waals surface area contributed by atoms with Gasteiger partial charge in [0.05, 0.1) is 0 Å². The van der Waals surface area contributed by atoms with E-state index in [2.05, 4.69) is 10.2 Å². The summed E-state index contributed by atoms with van der Waals surface area (Å²) < 4.78 is 0. The fourth-order valence-corrected chi connectivity index (χ4v) is 3.56. The number of rotatable bonds is 4. The average molecular weight is 350 g/mol. The first-order valence-corrected chi connectivity index (χ1v) is 8.95. The Bertz CT molecular complexity index is 619. The molecule has 1 aromatic rings. The lowest BCUT2D eigenvalue weighted by molar-refractivity contribution is -0.154. The van der Waals surface area contributed by atoms with E-state index >= 15 is 0 Å². The van der Waals surface area contributed by atoms with Gasteiger partial charge < -0.3 is 10.2 Å². The molecule has 3 rings (SSSR count). The summed E-state index contributed by atoms with van der Waals surface area (Å²) in [4.78, 5) is 29.2. The minimum atomic E-state index is -0.376. The van der Waals surface area contributed by atoms with Gasteiger partial charge >= 0.3 is 0 Å². The van der Waals surface area contributed by atoms with Crippen molar-refractivity contribution in [3.8, 4) is 0 Å². The van der Waals surface area contributed by atoms with E-state index in [1.165, 1.54) is 0 Å². The molecule has 6 heteroatoms. The van der Waals surface area contributed by atoms with Crippen molar-refractivity contribution in [2.45, 2.75) is 38.9 Å². The summed E-state index contributed by atoms with van der Waals surface area (Å²) in [6, 6.07) is 7.00. The van der Waals surface area contributed by atoms with E-state index in [0.29, 0.717) is 13.1 Å². The van der Waals surface area contributed by atoms with Crippen molar-refractivity contribution in [3.05, 3.63) is 34.9 Å². The van der Waals surface area contributed by atoms with Crippen LogP contribution in [-0.2, 0) is 16.1 Å². The molecule has 0 unspecified atom stereocenters. The topological polar surface area (TPSA) is 52.7 Å². The van der Waals surface area contributed by atoms with Crippen LogP contribution < -0.4 is 5.32 Å². The molecule has 0 spiro atoms. The fourth-order valence-electron chi connectivity index (χ4n) is 3.43. The monoisotopic (exact) mass is 349 g/mol. The zero-order valence-corrected chi connectivity index (χ0v) is 14.9. The predicted molar refractivity (Wildman–Crippen MR) is 93.6 cm³/mol. The van der Waals surface area contributed by atoms with Gasteiger partial charge in [-0.15, -0.1) is 0 Å². The van der Waals surface area contributed by atoms with Crippen LogP contribution in [-0.4, -0.2) is 53.3 Å². The Labute approximate surface area is 147 Å². The second-order valence-corrected chi connectivity index (χ2v) is 7.22. The number of halogens is 1. The van der Waals surface area contributed by atoms with E-state index < -0.39 is 0 Å². The number of hydrogen-bond donors (Lipinski definition) is 1.